The lowest BCUT2D eigenvalue weighted by Crippen LogP contribution is -2.31. The van der Waals surface area contributed by atoms with Gasteiger partial charge < -0.3 is 15.2 Å². The van der Waals surface area contributed by atoms with Gasteiger partial charge in [-0.25, -0.2) is 0 Å². The van der Waals surface area contributed by atoms with Crippen LogP contribution in [-0.4, -0.2) is 29.1 Å². The lowest BCUT2D eigenvalue weighted by atomic mass is 9.92. The first-order valence-electron chi connectivity index (χ1n) is 8.09. The van der Waals surface area contributed by atoms with E-state index in [0.29, 0.717) is 11.7 Å². The van der Waals surface area contributed by atoms with Gasteiger partial charge in [0.1, 0.15) is 0 Å². The average Bonchev–Trinajstić information content (AvgIpc) is 3.06. The quantitative estimate of drug-likeness (QED) is 0.891. The van der Waals surface area contributed by atoms with E-state index in [2.05, 4.69) is 20.8 Å². The second kappa shape index (κ2) is 6.53. The smallest absolute Gasteiger partial charge is 0.228 e. The van der Waals surface area contributed by atoms with Gasteiger partial charge in [0.25, 0.3) is 0 Å². The highest BCUT2D eigenvalue weighted by atomic mass is 35.5. The summed E-state index contributed by atoms with van der Waals surface area (Å²) in [6.45, 7) is 3.81. The van der Waals surface area contributed by atoms with Gasteiger partial charge in [-0.05, 0) is 49.9 Å². The summed E-state index contributed by atoms with van der Waals surface area (Å²) in [4.78, 5) is 16.7. The third kappa shape index (κ3) is 3.16. The highest BCUT2D eigenvalue weighted by Gasteiger charge is 2.57. The second-order valence-corrected chi connectivity index (χ2v) is 6.58. The zero-order chi connectivity index (χ0) is 15.9. The van der Waals surface area contributed by atoms with Crippen LogP contribution in [0.5, 0.6) is 0 Å². The number of nitrogens with zero attached hydrogens (tertiary/aromatic N) is 2. The molecule has 2 aromatic rings. The molecule has 1 atom stereocenters. The molecule has 1 aliphatic carbocycles. The summed E-state index contributed by atoms with van der Waals surface area (Å²) in [7, 11) is 0. The molecule has 1 saturated carbocycles. The van der Waals surface area contributed by atoms with Crippen molar-refractivity contribution in [2.45, 2.75) is 26.2 Å². The monoisotopic (exact) mass is 348 g/mol. The zero-order valence-corrected chi connectivity index (χ0v) is 14.4. The molecule has 1 saturated heterocycles. The maximum Gasteiger partial charge on any atom is 0.228 e. The van der Waals surface area contributed by atoms with Crippen molar-refractivity contribution in [1.29, 1.82) is 0 Å². The topological polar surface area (TPSA) is 80.0 Å². The summed E-state index contributed by atoms with van der Waals surface area (Å²) in [6, 6.07) is 7.58. The molecule has 1 aromatic heterocycles. The normalized spacial score (nSPS) is 21.1. The summed E-state index contributed by atoms with van der Waals surface area (Å²) in [5.41, 5.74) is 1.87. The number of hydrogen-bond acceptors (Lipinski definition) is 5. The van der Waals surface area contributed by atoms with Crippen LogP contribution in [0.1, 0.15) is 25.2 Å². The van der Waals surface area contributed by atoms with Gasteiger partial charge in [0.2, 0.25) is 17.6 Å². The number of amides is 1. The van der Waals surface area contributed by atoms with Crippen LogP contribution in [-0.2, 0) is 4.79 Å². The number of rotatable bonds is 3. The second-order valence-electron chi connectivity index (χ2n) is 6.58. The van der Waals surface area contributed by atoms with E-state index in [1.165, 1.54) is 0 Å². The van der Waals surface area contributed by atoms with Gasteiger partial charge in [-0.1, -0.05) is 17.3 Å². The van der Waals surface area contributed by atoms with Crippen molar-refractivity contribution in [1.82, 2.24) is 15.5 Å². The molecule has 2 fully saturated rings. The molecule has 24 heavy (non-hydrogen) atoms. The first kappa shape index (κ1) is 16.9. The van der Waals surface area contributed by atoms with E-state index < -0.39 is 0 Å². The Hall–Kier alpha value is -1.92. The largest absolute Gasteiger partial charge is 0.339 e. The van der Waals surface area contributed by atoms with E-state index >= 15 is 0 Å². The Labute approximate surface area is 146 Å². The van der Waals surface area contributed by atoms with E-state index in [1.807, 2.05) is 24.3 Å². The van der Waals surface area contributed by atoms with Crippen LogP contribution in [0.2, 0.25) is 0 Å². The van der Waals surface area contributed by atoms with Gasteiger partial charge in [0, 0.05) is 24.1 Å². The molecule has 0 radical (unpaired) electrons. The third-order valence-electron chi connectivity index (χ3n) is 5.02. The standard InChI is InChI=1S/C17H20N4O2.ClH/c1-11-19-15(21-23-11)12-3-2-4-13(9-12)20-16(22)14-10-17(14)5-7-18-8-6-17;/h2-4,9,14,18H,5-8,10H2,1H3,(H,20,22);1H. The highest BCUT2D eigenvalue weighted by molar-refractivity contribution is 5.95. The lowest BCUT2D eigenvalue weighted by Gasteiger charge is -2.23. The van der Waals surface area contributed by atoms with Crippen LogP contribution in [0.25, 0.3) is 11.4 Å². The molecule has 0 bridgehead atoms. The minimum Gasteiger partial charge on any atom is -0.339 e. The zero-order valence-electron chi connectivity index (χ0n) is 13.5. The molecule has 2 heterocycles. The van der Waals surface area contributed by atoms with E-state index in [0.717, 1.165) is 43.6 Å². The predicted octanol–water partition coefficient (Wildman–Crippen LogP) is 2.80. The van der Waals surface area contributed by atoms with Gasteiger partial charge in [-0.3, -0.25) is 4.79 Å². The molecule has 1 aromatic carbocycles. The molecule has 2 N–H and O–H groups in total. The molecule has 1 spiro atoms. The van der Waals surface area contributed by atoms with Crippen LogP contribution < -0.4 is 10.6 Å². The van der Waals surface area contributed by atoms with Gasteiger partial charge in [-0.15, -0.1) is 12.4 Å². The summed E-state index contributed by atoms with van der Waals surface area (Å²) < 4.78 is 5.01. The van der Waals surface area contributed by atoms with Gasteiger partial charge in [0.05, 0.1) is 0 Å². The predicted molar refractivity (Wildman–Crippen MR) is 93.0 cm³/mol. The maximum absolute atomic E-state index is 12.5. The molecular formula is C17H21ClN4O2. The molecule has 7 heteroatoms. The van der Waals surface area contributed by atoms with Crippen molar-refractivity contribution < 1.29 is 9.32 Å². The number of carbonyl (C=O) groups excluding carboxylic acids is 1. The fraction of sp³-hybridized carbons (Fsp3) is 0.471. The SMILES string of the molecule is Cc1nc(-c2cccc(NC(=O)C3CC34CCNCC4)c2)no1.Cl. The van der Waals surface area contributed by atoms with Gasteiger partial charge in [0.15, 0.2) is 0 Å². The Morgan fingerprint density at radius 2 is 2.17 bits per heavy atom. The van der Waals surface area contributed by atoms with E-state index in [4.69, 9.17) is 4.52 Å². The number of aromatic nitrogens is 2. The lowest BCUT2D eigenvalue weighted by molar-refractivity contribution is -0.118. The van der Waals surface area contributed by atoms with Crippen molar-refractivity contribution in [2.75, 3.05) is 18.4 Å². The van der Waals surface area contributed by atoms with E-state index in [9.17, 15) is 4.79 Å². The van der Waals surface area contributed by atoms with E-state index in [1.54, 1.807) is 6.92 Å². The maximum atomic E-state index is 12.5. The molecule has 2 aliphatic rings. The molecule has 6 nitrogen and oxygen atoms in total. The van der Waals surface area contributed by atoms with Crippen molar-refractivity contribution in [2.24, 2.45) is 11.3 Å². The first-order chi connectivity index (χ1) is 11.2. The number of benzene rings is 1. The van der Waals surface area contributed by atoms with Crippen LogP contribution in [0.15, 0.2) is 28.8 Å². The Morgan fingerprint density at radius 3 is 2.88 bits per heavy atom. The molecule has 128 valence electrons. The Morgan fingerprint density at radius 1 is 1.38 bits per heavy atom. The molecular weight excluding hydrogens is 328 g/mol. The van der Waals surface area contributed by atoms with Crippen LogP contribution in [0, 0.1) is 18.3 Å². The average molecular weight is 349 g/mol. The molecule has 4 rings (SSSR count). The fourth-order valence-electron chi connectivity index (χ4n) is 3.58. The fourth-order valence-corrected chi connectivity index (χ4v) is 3.58. The first-order valence-corrected chi connectivity index (χ1v) is 8.09. The van der Waals surface area contributed by atoms with Gasteiger partial charge >= 0.3 is 0 Å². The number of anilines is 1. The minimum atomic E-state index is 0. The number of hydrogen-bond donors (Lipinski definition) is 2. The highest BCUT2D eigenvalue weighted by Crippen LogP contribution is 2.58. The van der Waals surface area contributed by atoms with Crippen molar-refractivity contribution in [3.05, 3.63) is 30.2 Å². The van der Waals surface area contributed by atoms with Crippen LogP contribution in [0.4, 0.5) is 5.69 Å². The van der Waals surface area contributed by atoms with Crippen molar-refractivity contribution >= 4 is 24.0 Å². The van der Waals surface area contributed by atoms with Crippen molar-refractivity contribution in [3.8, 4) is 11.4 Å². The Balaban J connectivity index is 0.00000169. The number of aryl methyl sites for hydroxylation is 1. The number of nitrogens with one attached hydrogen (secondary N) is 2. The van der Waals surface area contributed by atoms with Gasteiger partial charge in [-0.2, -0.15) is 4.98 Å². The van der Waals surface area contributed by atoms with Crippen LogP contribution >= 0.6 is 12.4 Å². The Kier molecular flexibility index (Phi) is 4.60. The number of piperidine rings is 1. The minimum absolute atomic E-state index is 0. The Bertz CT molecular complexity index is 740. The number of carbonyl (C=O) groups is 1. The third-order valence-corrected chi connectivity index (χ3v) is 5.02. The summed E-state index contributed by atoms with van der Waals surface area (Å²) in [6.07, 6.45) is 3.23. The molecule has 1 aliphatic heterocycles. The summed E-state index contributed by atoms with van der Waals surface area (Å²) in [5.74, 6) is 1.36. The molecule has 1 amide bonds. The van der Waals surface area contributed by atoms with E-state index in [-0.39, 0.29) is 29.6 Å². The molecule has 1 unspecified atom stereocenters. The number of halogens is 1. The summed E-state index contributed by atoms with van der Waals surface area (Å²) in [5, 5.41) is 10.3. The summed E-state index contributed by atoms with van der Waals surface area (Å²) >= 11 is 0. The van der Waals surface area contributed by atoms with Crippen LogP contribution in [0.3, 0.4) is 0 Å². The van der Waals surface area contributed by atoms with Crippen molar-refractivity contribution in [3.63, 3.8) is 0 Å².